The summed E-state index contributed by atoms with van der Waals surface area (Å²) in [7, 11) is 0. The fraction of sp³-hybridized carbons (Fsp3) is 0.235. The number of nitrogens with zero attached hydrogens (tertiary/aromatic N) is 1. The van der Waals surface area contributed by atoms with Gasteiger partial charge in [-0.05, 0) is 41.8 Å². The highest BCUT2D eigenvalue weighted by Gasteiger charge is 2.47. The summed E-state index contributed by atoms with van der Waals surface area (Å²) < 4.78 is 0. The molecule has 114 valence electrons. The Morgan fingerprint density at radius 2 is 1.82 bits per heavy atom. The molecule has 3 nitrogen and oxygen atoms in total. The minimum atomic E-state index is -0.579. The van der Waals surface area contributed by atoms with Crippen LogP contribution in [0.2, 0.25) is 10.0 Å². The molecule has 0 bridgehead atoms. The van der Waals surface area contributed by atoms with Crippen LogP contribution in [-0.4, -0.2) is 11.9 Å². The van der Waals surface area contributed by atoms with Crippen molar-refractivity contribution in [3.8, 4) is 0 Å². The number of amides is 1. The number of carbonyl (C=O) groups excluding carboxylic acids is 1. The monoisotopic (exact) mass is 334 g/mol. The van der Waals surface area contributed by atoms with Crippen molar-refractivity contribution < 1.29 is 4.79 Å². The van der Waals surface area contributed by atoms with Crippen molar-refractivity contribution in [1.29, 1.82) is 0 Å². The minimum Gasteiger partial charge on any atom is -0.318 e. The number of carbonyl (C=O) groups is 1. The van der Waals surface area contributed by atoms with Crippen LogP contribution < -0.4 is 10.6 Å². The standard InChI is InChI=1S/C17H16Cl2N2O/c1-2-10-3-6-12(7-4-10)21-16(15(20)17(21)22)13-8-5-11(18)9-14(13)19/h3-9,15-16H,2,20H2,1H3/t15-,16-/m1/s1. The number of hydrogen-bond donors (Lipinski definition) is 1. The van der Waals surface area contributed by atoms with Crippen LogP contribution in [-0.2, 0) is 11.2 Å². The summed E-state index contributed by atoms with van der Waals surface area (Å²) >= 11 is 12.2. The molecular formula is C17H16Cl2N2O. The van der Waals surface area contributed by atoms with Crippen LogP contribution >= 0.6 is 23.2 Å². The van der Waals surface area contributed by atoms with E-state index in [9.17, 15) is 4.79 Å². The van der Waals surface area contributed by atoms with E-state index in [4.69, 9.17) is 28.9 Å². The first-order chi connectivity index (χ1) is 10.5. The van der Waals surface area contributed by atoms with Crippen LogP contribution in [0, 0.1) is 0 Å². The van der Waals surface area contributed by atoms with Crippen molar-refractivity contribution >= 4 is 34.8 Å². The summed E-state index contributed by atoms with van der Waals surface area (Å²) in [6.07, 6.45) is 0.959. The van der Waals surface area contributed by atoms with Gasteiger partial charge in [0.1, 0.15) is 6.04 Å². The van der Waals surface area contributed by atoms with E-state index in [2.05, 4.69) is 6.92 Å². The molecule has 2 aromatic rings. The molecular weight excluding hydrogens is 319 g/mol. The third-order valence-corrected chi connectivity index (χ3v) is 4.61. The molecule has 22 heavy (non-hydrogen) atoms. The van der Waals surface area contributed by atoms with Gasteiger partial charge >= 0.3 is 0 Å². The average molecular weight is 335 g/mol. The van der Waals surface area contributed by atoms with Crippen LogP contribution in [0.4, 0.5) is 5.69 Å². The quantitative estimate of drug-likeness (QED) is 0.863. The SMILES string of the molecule is CCc1ccc(N2C(=O)[C@H](N)[C@H]2c2ccc(Cl)cc2Cl)cc1. The molecule has 0 spiro atoms. The molecule has 2 aromatic carbocycles. The Hall–Kier alpha value is -1.55. The molecule has 1 heterocycles. The van der Waals surface area contributed by atoms with Crippen LogP contribution in [0.5, 0.6) is 0 Å². The number of anilines is 1. The molecule has 1 aliphatic heterocycles. The molecule has 0 aromatic heterocycles. The second kappa shape index (κ2) is 5.92. The second-order valence-electron chi connectivity index (χ2n) is 5.36. The van der Waals surface area contributed by atoms with Gasteiger partial charge in [-0.1, -0.05) is 48.3 Å². The molecule has 0 unspecified atom stereocenters. The van der Waals surface area contributed by atoms with Crippen molar-refractivity contribution in [2.24, 2.45) is 5.73 Å². The van der Waals surface area contributed by atoms with E-state index < -0.39 is 6.04 Å². The number of hydrogen-bond acceptors (Lipinski definition) is 2. The number of halogens is 2. The predicted octanol–water partition coefficient (Wildman–Crippen LogP) is 3.97. The normalized spacial score (nSPS) is 20.9. The van der Waals surface area contributed by atoms with Gasteiger partial charge in [-0.15, -0.1) is 0 Å². The third kappa shape index (κ3) is 2.50. The Kier molecular flexibility index (Phi) is 4.13. The molecule has 5 heteroatoms. The maximum absolute atomic E-state index is 12.2. The molecule has 1 saturated heterocycles. The zero-order valence-electron chi connectivity index (χ0n) is 12.1. The molecule has 1 aliphatic rings. The van der Waals surface area contributed by atoms with Gasteiger partial charge in [-0.25, -0.2) is 0 Å². The lowest BCUT2D eigenvalue weighted by atomic mass is 9.88. The van der Waals surface area contributed by atoms with E-state index in [1.54, 1.807) is 17.0 Å². The van der Waals surface area contributed by atoms with Crippen LogP contribution in [0.3, 0.4) is 0 Å². The fourth-order valence-electron chi connectivity index (χ4n) is 2.77. The Balaban J connectivity index is 1.97. The number of benzene rings is 2. The smallest absolute Gasteiger partial charge is 0.247 e. The highest BCUT2D eigenvalue weighted by atomic mass is 35.5. The van der Waals surface area contributed by atoms with Gasteiger partial charge in [-0.3, -0.25) is 4.79 Å². The van der Waals surface area contributed by atoms with Crippen molar-refractivity contribution in [3.05, 3.63) is 63.6 Å². The van der Waals surface area contributed by atoms with E-state index >= 15 is 0 Å². The van der Waals surface area contributed by atoms with E-state index in [0.717, 1.165) is 17.7 Å². The highest BCUT2D eigenvalue weighted by molar-refractivity contribution is 6.35. The lowest BCUT2D eigenvalue weighted by Crippen LogP contribution is -2.63. The lowest BCUT2D eigenvalue weighted by molar-refractivity contribution is -0.126. The van der Waals surface area contributed by atoms with Gasteiger partial charge in [0.15, 0.2) is 0 Å². The Bertz CT molecular complexity index is 715. The second-order valence-corrected chi connectivity index (χ2v) is 6.21. The van der Waals surface area contributed by atoms with E-state index in [1.165, 1.54) is 5.56 Å². The Morgan fingerprint density at radius 1 is 1.14 bits per heavy atom. The highest BCUT2D eigenvalue weighted by Crippen LogP contribution is 2.41. The first kappa shape index (κ1) is 15.3. The first-order valence-electron chi connectivity index (χ1n) is 7.15. The molecule has 0 aliphatic carbocycles. The van der Waals surface area contributed by atoms with Gasteiger partial charge in [0.25, 0.3) is 0 Å². The Labute approximate surface area is 139 Å². The maximum Gasteiger partial charge on any atom is 0.247 e. The van der Waals surface area contributed by atoms with Crippen LogP contribution in [0.25, 0.3) is 0 Å². The molecule has 0 saturated carbocycles. The van der Waals surface area contributed by atoms with Gasteiger partial charge in [0.05, 0.1) is 6.04 Å². The third-order valence-electron chi connectivity index (χ3n) is 4.04. The molecule has 1 amide bonds. The number of rotatable bonds is 3. The summed E-state index contributed by atoms with van der Waals surface area (Å²) in [5, 5.41) is 1.09. The minimum absolute atomic E-state index is 0.0970. The van der Waals surface area contributed by atoms with E-state index in [-0.39, 0.29) is 11.9 Å². The van der Waals surface area contributed by atoms with E-state index in [0.29, 0.717) is 10.0 Å². The van der Waals surface area contributed by atoms with Crippen molar-refractivity contribution in [2.45, 2.75) is 25.4 Å². The summed E-state index contributed by atoms with van der Waals surface area (Å²) in [5.74, 6) is -0.0970. The molecule has 0 radical (unpaired) electrons. The number of nitrogens with two attached hydrogens (primary N) is 1. The zero-order chi connectivity index (χ0) is 15.9. The van der Waals surface area contributed by atoms with E-state index in [1.807, 2.05) is 30.3 Å². The number of β-lactam (4-membered cyclic amide) rings is 1. The largest absolute Gasteiger partial charge is 0.318 e. The number of aryl methyl sites for hydroxylation is 1. The van der Waals surface area contributed by atoms with Crippen molar-refractivity contribution in [1.82, 2.24) is 0 Å². The summed E-state index contributed by atoms with van der Waals surface area (Å²) in [6, 6.07) is 12.4. The Morgan fingerprint density at radius 3 is 2.41 bits per heavy atom. The predicted molar refractivity (Wildman–Crippen MR) is 90.5 cm³/mol. The van der Waals surface area contributed by atoms with Crippen molar-refractivity contribution in [2.75, 3.05) is 4.90 Å². The summed E-state index contributed by atoms with van der Waals surface area (Å²) in [4.78, 5) is 13.9. The van der Waals surface area contributed by atoms with Crippen LogP contribution in [0.1, 0.15) is 24.1 Å². The van der Waals surface area contributed by atoms with Gasteiger partial charge in [0, 0.05) is 15.7 Å². The van der Waals surface area contributed by atoms with Crippen LogP contribution in [0.15, 0.2) is 42.5 Å². The molecule has 2 N–H and O–H groups in total. The summed E-state index contributed by atoms with van der Waals surface area (Å²) in [6.45, 7) is 2.09. The first-order valence-corrected chi connectivity index (χ1v) is 7.91. The molecule has 1 fully saturated rings. The average Bonchev–Trinajstić information content (AvgIpc) is 2.53. The fourth-order valence-corrected chi connectivity index (χ4v) is 3.29. The van der Waals surface area contributed by atoms with Gasteiger partial charge < -0.3 is 10.6 Å². The molecule has 2 atom stereocenters. The topological polar surface area (TPSA) is 46.3 Å². The molecule has 3 rings (SSSR count). The summed E-state index contributed by atoms with van der Waals surface area (Å²) in [5.41, 5.74) is 8.88. The zero-order valence-corrected chi connectivity index (χ0v) is 13.6. The van der Waals surface area contributed by atoms with Gasteiger partial charge in [-0.2, -0.15) is 0 Å². The lowest BCUT2D eigenvalue weighted by Gasteiger charge is -2.46. The van der Waals surface area contributed by atoms with Crippen molar-refractivity contribution in [3.63, 3.8) is 0 Å². The maximum atomic E-state index is 12.2. The van der Waals surface area contributed by atoms with Gasteiger partial charge in [0.2, 0.25) is 5.91 Å².